The predicted molar refractivity (Wildman–Crippen MR) is 107 cm³/mol. The molecule has 6 nitrogen and oxygen atoms in total. The van der Waals surface area contributed by atoms with Crippen molar-refractivity contribution in [3.8, 4) is 11.1 Å². The molecule has 27 heavy (non-hydrogen) atoms. The lowest BCUT2D eigenvalue weighted by atomic mass is 9.98. The monoisotopic (exact) mass is 405 g/mol. The summed E-state index contributed by atoms with van der Waals surface area (Å²) >= 11 is 12.5. The van der Waals surface area contributed by atoms with E-state index in [2.05, 4.69) is 14.9 Å². The van der Waals surface area contributed by atoms with Crippen LogP contribution >= 0.6 is 23.2 Å². The average molecular weight is 406 g/mol. The van der Waals surface area contributed by atoms with Crippen LogP contribution in [0.25, 0.3) is 11.1 Å². The molecule has 2 aliphatic rings. The fraction of sp³-hybridized carbons (Fsp3) is 0.421. The number of carbonyl (C=O) groups excluding carboxylic acids is 1. The van der Waals surface area contributed by atoms with E-state index >= 15 is 0 Å². The number of carbonyl (C=O) groups is 1. The number of hydrogen-bond donors (Lipinski definition) is 2. The van der Waals surface area contributed by atoms with Crippen LogP contribution in [0.1, 0.15) is 29.0 Å². The van der Waals surface area contributed by atoms with Gasteiger partial charge in [0.2, 0.25) is 5.95 Å². The molecule has 0 bridgehead atoms. The molecule has 1 aromatic heterocycles. The van der Waals surface area contributed by atoms with Gasteiger partial charge in [0.05, 0.1) is 15.7 Å². The summed E-state index contributed by atoms with van der Waals surface area (Å²) in [5.74, 6) is 0.907. The predicted octanol–water partition coefficient (Wildman–Crippen LogP) is 3.03. The topological polar surface area (TPSA) is 98.1 Å². The molecule has 3 atom stereocenters. The maximum Gasteiger partial charge on any atom is 0.268 e. The van der Waals surface area contributed by atoms with Crippen LogP contribution in [0, 0.1) is 18.8 Å². The van der Waals surface area contributed by atoms with Crippen molar-refractivity contribution in [2.45, 2.75) is 25.8 Å². The minimum Gasteiger partial charge on any atom is -0.364 e. The van der Waals surface area contributed by atoms with E-state index in [1.165, 1.54) is 0 Å². The van der Waals surface area contributed by atoms with Gasteiger partial charge in [0, 0.05) is 30.3 Å². The van der Waals surface area contributed by atoms with Crippen LogP contribution in [0.2, 0.25) is 10.0 Å². The largest absolute Gasteiger partial charge is 0.364 e. The first kappa shape index (κ1) is 18.5. The Balaban J connectivity index is 1.77. The van der Waals surface area contributed by atoms with Crippen molar-refractivity contribution in [3.05, 3.63) is 39.6 Å². The third-order valence-corrected chi connectivity index (χ3v) is 6.55. The Morgan fingerprint density at radius 1 is 1.22 bits per heavy atom. The summed E-state index contributed by atoms with van der Waals surface area (Å²) in [6, 6.07) is 5.46. The maximum absolute atomic E-state index is 12.2. The normalized spacial score (nSPS) is 24.3. The number of benzene rings is 1. The van der Waals surface area contributed by atoms with Gasteiger partial charge < -0.3 is 16.4 Å². The number of nitrogens with zero attached hydrogens (tertiary/aromatic N) is 3. The molecular formula is C19H21Cl2N5O. The van der Waals surface area contributed by atoms with E-state index in [1.54, 1.807) is 18.2 Å². The summed E-state index contributed by atoms with van der Waals surface area (Å²) in [5.41, 5.74) is 13.8. The Morgan fingerprint density at radius 2 is 2.00 bits per heavy atom. The smallest absolute Gasteiger partial charge is 0.268 e. The van der Waals surface area contributed by atoms with Crippen LogP contribution in [0.15, 0.2) is 18.2 Å². The summed E-state index contributed by atoms with van der Waals surface area (Å²) in [5, 5.41) is 0.747. The molecule has 0 radical (unpaired) electrons. The van der Waals surface area contributed by atoms with E-state index in [9.17, 15) is 4.79 Å². The van der Waals surface area contributed by atoms with Crippen LogP contribution in [-0.2, 0) is 0 Å². The van der Waals surface area contributed by atoms with E-state index in [4.69, 9.17) is 34.7 Å². The molecule has 1 aliphatic heterocycles. The molecule has 1 saturated heterocycles. The van der Waals surface area contributed by atoms with Gasteiger partial charge in [0.25, 0.3) is 5.91 Å². The Kier molecular flexibility index (Phi) is 4.74. The van der Waals surface area contributed by atoms with E-state index < -0.39 is 5.91 Å². The molecule has 0 unspecified atom stereocenters. The number of anilines is 1. The van der Waals surface area contributed by atoms with Crippen molar-refractivity contribution in [2.24, 2.45) is 23.3 Å². The number of aryl methyl sites for hydroxylation is 1. The molecule has 2 heterocycles. The molecule has 2 fully saturated rings. The molecule has 142 valence electrons. The van der Waals surface area contributed by atoms with Crippen molar-refractivity contribution in [2.75, 3.05) is 18.0 Å². The number of amides is 1. The van der Waals surface area contributed by atoms with E-state index in [0.29, 0.717) is 44.7 Å². The fourth-order valence-electron chi connectivity index (χ4n) is 4.37. The maximum atomic E-state index is 12.2. The molecule has 4 rings (SSSR count). The van der Waals surface area contributed by atoms with Gasteiger partial charge in [-0.25, -0.2) is 9.97 Å². The minimum atomic E-state index is -0.621. The van der Waals surface area contributed by atoms with Crippen molar-refractivity contribution in [1.29, 1.82) is 0 Å². The number of hydrogen-bond acceptors (Lipinski definition) is 5. The third kappa shape index (κ3) is 3.16. The van der Waals surface area contributed by atoms with Gasteiger partial charge in [-0.05, 0) is 37.7 Å². The summed E-state index contributed by atoms with van der Waals surface area (Å²) in [4.78, 5) is 23.5. The molecule has 1 saturated carbocycles. The van der Waals surface area contributed by atoms with Crippen molar-refractivity contribution in [3.63, 3.8) is 0 Å². The SMILES string of the molecule is Cc1nc(N2C[C@@H]3CC[C@@H](N)[C@@H]3C2)nc(C(N)=O)c1-c1cccc(Cl)c1Cl. The highest BCUT2D eigenvalue weighted by molar-refractivity contribution is 6.43. The van der Waals surface area contributed by atoms with Crippen LogP contribution in [0.4, 0.5) is 5.95 Å². The Labute approximate surface area is 167 Å². The Bertz CT molecular complexity index is 919. The standard InChI is InChI=1S/C19H21Cl2N5O/c1-9-15(11-3-2-4-13(20)16(11)21)17(18(23)27)25-19(24-9)26-7-10-5-6-14(22)12(10)8-26/h2-4,10,12,14H,5-8,22H2,1H3,(H2,23,27)/t10-,12+,14+/m0/s1. The molecule has 0 spiro atoms. The van der Waals surface area contributed by atoms with Crippen LogP contribution < -0.4 is 16.4 Å². The lowest BCUT2D eigenvalue weighted by molar-refractivity contribution is 0.0996. The van der Waals surface area contributed by atoms with E-state index in [-0.39, 0.29) is 11.7 Å². The minimum absolute atomic E-state index is 0.156. The first-order valence-corrected chi connectivity index (χ1v) is 9.75. The molecule has 4 N–H and O–H groups in total. The van der Waals surface area contributed by atoms with E-state index in [0.717, 1.165) is 25.9 Å². The van der Waals surface area contributed by atoms with E-state index in [1.807, 2.05) is 6.92 Å². The zero-order chi connectivity index (χ0) is 19.3. The van der Waals surface area contributed by atoms with Gasteiger partial charge in [-0.3, -0.25) is 4.79 Å². The summed E-state index contributed by atoms with van der Waals surface area (Å²) in [6.07, 6.45) is 2.20. The highest BCUT2D eigenvalue weighted by Crippen LogP contribution is 2.40. The third-order valence-electron chi connectivity index (χ3n) is 5.73. The van der Waals surface area contributed by atoms with Gasteiger partial charge >= 0.3 is 0 Å². The lowest BCUT2D eigenvalue weighted by Gasteiger charge is -2.21. The number of nitrogens with two attached hydrogens (primary N) is 2. The molecule has 2 aromatic rings. The molecule has 1 aliphatic carbocycles. The second-order valence-corrected chi connectivity index (χ2v) is 8.15. The number of primary amides is 1. The first-order valence-electron chi connectivity index (χ1n) is 9.00. The van der Waals surface area contributed by atoms with Crippen molar-refractivity contribution < 1.29 is 4.79 Å². The Morgan fingerprint density at radius 3 is 2.70 bits per heavy atom. The van der Waals surface area contributed by atoms with Gasteiger partial charge in [0.1, 0.15) is 5.69 Å². The molecule has 1 aromatic carbocycles. The lowest BCUT2D eigenvalue weighted by Crippen LogP contribution is -2.31. The summed E-state index contributed by atoms with van der Waals surface area (Å²) in [7, 11) is 0. The second-order valence-electron chi connectivity index (χ2n) is 7.37. The van der Waals surface area contributed by atoms with Crippen LogP contribution in [0.5, 0.6) is 0 Å². The molecule has 1 amide bonds. The number of halogens is 2. The molecular weight excluding hydrogens is 385 g/mol. The first-order chi connectivity index (χ1) is 12.9. The number of fused-ring (bicyclic) bond motifs is 1. The van der Waals surface area contributed by atoms with Gasteiger partial charge in [0.15, 0.2) is 0 Å². The van der Waals surface area contributed by atoms with Crippen molar-refractivity contribution in [1.82, 2.24) is 9.97 Å². The van der Waals surface area contributed by atoms with Gasteiger partial charge in [-0.1, -0.05) is 35.3 Å². The number of rotatable bonds is 3. The quantitative estimate of drug-likeness (QED) is 0.817. The zero-order valence-electron chi connectivity index (χ0n) is 15.0. The van der Waals surface area contributed by atoms with Crippen LogP contribution in [0.3, 0.4) is 0 Å². The van der Waals surface area contributed by atoms with Gasteiger partial charge in [-0.15, -0.1) is 0 Å². The average Bonchev–Trinajstić information content (AvgIpc) is 3.19. The second kappa shape index (κ2) is 6.93. The van der Waals surface area contributed by atoms with Crippen LogP contribution in [-0.4, -0.2) is 35.0 Å². The highest BCUT2D eigenvalue weighted by atomic mass is 35.5. The number of aromatic nitrogens is 2. The molecule has 8 heteroatoms. The zero-order valence-corrected chi connectivity index (χ0v) is 16.5. The summed E-state index contributed by atoms with van der Waals surface area (Å²) in [6.45, 7) is 3.49. The van der Waals surface area contributed by atoms with Crippen molar-refractivity contribution >= 4 is 35.1 Å². The summed E-state index contributed by atoms with van der Waals surface area (Å²) < 4.78 is 0. The highest BCUT2D eigenvalue weighted by Gasteiger charge is 2.42. The fourth-order valence-corrected chi connectivity index (χ4v) is 4.76. The van der Waals surface area contributed by atoms with Gasteiger partial charge in [-0.2, -0.15) is 0 Å². The Hall–Kier alpha value is -1.89.